The molecule has 3 amide bonds. The zero-order valence-corrected chi connectivity index (χ0v) is 18.1. The van der Waals surface area contributed by atoms with E-state index in [0.29, 0.717) is 28.0 Å². The molecule has 3 aromatic rings. The van der Waals surface area contributed by atoms with Crippen LogP contribution in [0.15, 0.2) is 59.3 Å². The largest absolute Gasteiger partial charge is 0.496 e. The average Bonchev–Trinajstić information content (AvgIpc) is 3.36. The molecule has 2 heterocycles. The van der Waals surface area contributed by atoms with Crippen LogP contribution in [0.5, 0.6) is 5.75 Å². The second-order valence-corrected chi connectivity index (χ2v) is 8.27. The van der Waals surface area contributed by atoms with Crippen molar-refractivity contribution < 1.29 is 19.1 Å². The molecule has 1 aliphatic heterocycles. The Kier molecular flexibility index (Phi) is 5.86. The van der Waals surface area contributed by atoms with Crippen LogP contribution in [-0.4, -0.2) is 35.8 Å². The number of ether oxygens (including phenoxy) is 1. The van der Waals surface area contributed by atoms with Gasteiger partial charge in [-0.3, -0.25) is 19.3 Å². The second-order valence-electron chi connectivity index (χ2n) is 7.49. The third kappa shape index (κ3) is 4.22. The van der Waals surface area contributed by atoms with Crippen LogP contribution in [0.2, 0.25) is 0 Å². The Balaban J connectivity index is 1.52. The minimum absolute atomic E-state index is 0.0632. The lowest BCUT2D eigenvalue weighted by molar-refractivity contribution is 0.0642. The molecule has 0 saturated heterocycles. The lowest BCUT2D eigenvalue weighted by atomic mass is 10.1. The number of methoxy groups -OCH3 is 1. The highest BCUT2D eigenvalue weighted by atomic mass is 32.1. The Morgan fingerprint density at radius 3 is 2.39 bits per heavy atom. The Hall–Kier alpha value is -3.45. The van der Waals surface area contributed by atoms with E-state index in [-0.39, 0.29) is 30.3 Å². The van der Waals surface area contributed by atoms with E-state index in [1.165, 1.54) is 17.6 Å². The molecular weight excluding hydrogens is 412 g/mol. The molecule has 1 aliphatic rings. The Morgan fingerprint density at radius 1 is 1.06 bits per heavy atom. The third-order valence-electron chi connectivity index (χ3n) is 5.23. The molecule has 31 heavy (non-hydrogen) atoms. The van der Waals surface area contributed by atoms with Gasteiger partial charge in [-0.15, -0.1) is 0 Å². The van der Waals surface area contributed by atoms with Crippen molar-refractivity contribution in [3.8, 4) is 5.75 Å². The predicted molar refractivity (Wildman–Crippen MR) is 119 cm³/mol. The van der Waals surface area contributed by atoms with Gasteiger partial charge in [0, 0.05) is 6.04 Å². The zero-order valence-electron chi connectivity index (χ0n) is 17.3. The fourth-order valence-electron chi connectivity index (χ4n) is 3.71. The van der Waals surface area contributed by atoms with Gasteiger partial charge < -0.3 is 10.1 Å². The van der Waals surface area contributed by atoms with E-state index >= 15 is 0 Å². The molecule has 6 nitrogen and oxygen atoms in total. The summed E-state index contributed by atoms with van der Waals surface area (Å²) >= 11 is 1.62. The molecule has 0 bridgehead atoms. The molecule has 4 rings (SSSR count). The minimum Gasteiger partial charge on any atom is -0.496 e. The van der Waals surface area contributed by atoms with Crippen molar-refractivity contribution >= 4 is 29.1 Å². The van der Waals surface area contributed by atoms with Crippen molar-refractivity contribution in [3.63, 3.8) is 0 Å². The van der Waals surface area contributed by atoms with E-state index in [2.05, 4.69) is 10.7 Å². The van der Waals surface area contributed by atoms with E-state index < -0.39 is 0 Å². The topological polar surface area (TPSA) is 75.7 Å². The maximum absolute atomic E-state index is 12.9. The van der Waals surface area contributed by atoms with E-state index in [1.54, 1.807) is 53.8 Å². The highest BCUT2D eigenvalue weighted by Crippen LogP contribution is 2.26. The highest BCUT2D eigenvalue weighted by molar-refractivity contribution is 7.07. The van der Waals surface area contributed by atoms with Gasteiger partial charge in [0.1, 0.15) is 5.75 Å². The molecule has 0 spiro atoms. The molecule has 7 heteroatoms. The van der Waals surface area contributed by atoms with Gasteiger partial charge in [0.25, 0.3) is 17.7 Å². The van der Waals surface area contributed by atoms with E-state index in [0.717, 1.165) is 6.42 Å². The van der Waals surface area contributed by atoms with Crippen LogP contribution in [0.4, 0.5) is 0 Å². The molecule has 1 aromatic heterocycles. The first-order chi connectivity index (χ1) is 15.0. The van der Waals surface area contributed by atoms with Crippen LogP contribution >= 0.6 is 11.3 Å². The van der Waals surface area contributed by atoms with Gasteiger partial charge in [0.05, 0.1) is 30.3 Å². The van der Waals surface area contributed by atoms with Crippen molar-refractivity contribution in [1.82, 2.24) is 10.2 Å². The maximum atomic E-state index is 12.9. The standard InChI is InChI=1S/C24H22N2O4S/c1-15(11-17-9-10-31-14-17)25-22(27)20-12-16(7-8-21(20)30-2)13-26-23(28)18-5-3-4-6-19(18)24(26)29/h3-10,12,14-15H,11,13H2,1-2H3,(H,25,27). The van der Waals surface area contributed by atoms with Crippen LogP contribution in [0.1, 0.15) is 49.1 Å². The van der Waals surface area contributed by atoms with Crippen LogP contribution in [0.3, 0.4) is 0 Å². The van der Waals surface area contributed by atoms with E-state index in [4.69, 9.17) is 4.74 Å². The van der Waals surface area contributed by atoms with Crippen molar-refractivity contribution in [2.45, 2.75) is 25.9 Å². The number of fused-ring (bicyclic) bond motifs is 1. The monoisotopic (exact) mass is 434 g/mol. The van der Waals surface area contributed by atoms with Gasteiger partial charge in [-0.25, -0.2) is 0 Å². The van der Waals surface area contributed by atoms with Gasteiger partial charge in [0.2, 0.25) is 0 Å². The molecule has 1 atom stereocenters. The fraction of sp³-hybridized carbons (Fsp3) is 0.208. The fourth-order valence-corrected chi connectivity index (χ4v) is 4.39. The summed E-state index contributed by atoms with van der Waals surface area (Å²) in [6.45, 7) is 2.03. The number of amides is 3. The summed E-state index contributed by atoms with van der Waals surface area (Å²) in [7, 11) is 1.50. The summed E-state index contributed by atoms with van der Waals surface area (Å²) in [5.41, 5.74) is 3.02. The molecule has 0 radical (unpaired) electrons. The quantitative estimate of drug-likeness (QED) is 0.572. The first-order valence-electron chi connectivity index (χ1n) is 9.92. The number of nitrogens with zero attached hydrogens (tertiary/aromatic N) is 1. The smallest absolute Gasteiger partial charge is 0.261 e. The summed E-state index contributed by atoms with van der Waals surface area (Å²) in [5.74, 6) is -0.478. The first-order valence-corrected chi connectivity index (χ1v) is 10.9. The molecule has 158 valence electrons. The molecule has 1 unspecified atom stereocenters. The van der Waals surface area contributed by atoms with Gasteiger partial charge in [0.15, 0.2) is 0 Å². The molecule has 0 aliphatic carbocycles. The zero-order chi connectivity index (χ0) is 22.0. The molecule has 1 N–H and O–H groups in total. The molecule has 0 saturated carbocycles. The normalized spacial score (nSPS) is 13.8. The van der Waals surface area contributed by atoms with Gasteiger partial charge >= 0.3 is 0 Å². The number of imide groups is 1. The molecule has 2 aromatic carbocycles. The van der Waals surface area contributed by atoms with Crippen molar-refractivity contribution in [3.05, 3.63) is 87.1 Å². The predicted octanol–water partition coefficient (Wildman–Crippen LogP) is 3.91. The van der Waals surface area contributed by atoms with Gasteiger partial charge in [-0.05, 0) is 65.6 Å². The average molecular weight is 435 g/mol. The van der Waals surface area contributed by atoms with Crippen LogP contribution in [0, 0.1) is 0 Å². The Labute approximate surface area is 184 Å². The third-order valence-corrected chi connectivity index (χ3v) is 5.96. The summed E-state index contributed by atoms with van der Waals surface area (Å²) in [6.07, 6.45) is 0.728. The first kappa shape index (κ1) is 20.8. The van der Waals surface area contributed by atoms with E-state index in [9.17, 15) is 14.4 Å². The van der Waals surface area contributed by atoms with Crippen molar-refractivity contribution in [2.24, 2.45) is 0 Å². The lowest BCUT2D eigenvalue weighted by Crippen LogP contribution is -2.34. The number of nitrogens with one attached hydrogen (secondary N) is 1. The van der Waals surface area contributed by atoms with E-state index in [1.807, 2.05) is 18.4 Å². The second kappa shape index (κ2) is 8.73. The summed E-state index contributed by atoms with van der Waals surface area (Å²) in [6, 6.07) is 13.9. The van der Waals surface area contributed by atoms with Crippen LogP contribution in [-0.2, 0) is 13.0 Å². The number of carbonyl (C=O) groups is 3. The number of rotatable bonds is 7. The van der Waals surface area contributed by atoms with Crippen molar-refractivity contribution in [2.75, 3.05) is 7.11 Å². The van der Waals surface area contributed by atoms with Crippen LogP contribution < -0.4 is 10.1 Å². The molecular formula is C24H22N2O4S. The van der Waals surface area contributed by atoms with Crippen molar-refractivity contribution in [1.29, 1.82) is 0 Å². The summed E-state index contributed by atoms with van der Waals surface area (Å²) < 4.78 is 5.37. The SMILES string of the molecule is COc1ccc(CN2C(=O)c3ccccc3C2=O)cc1C(=O)NC(C)Cc1ccsc1. The van der Waals surface area contributed by atoms with Gasteiger partial charge in [-0.1, -0.05) is 18.2 Å². The number of carbonyl (C=O) groups excluding carboxylic acids is 3. The number of hydrogen-bond donors (Lipinski definition) is 1. The highest BCUT2D eigenvalue weighted by Gasteiger charge is 2.35. The maximum Gasteiger partial charge on any atom is 0.261 e. The summed E-state index contributed by atoms with van der Waals surface area (Å²) in [4.78, 5) is 39.4. The number of hydrogen-bond acceptors (Lipinski definition) is 5. The Bertz CT molecular complexity index is 1110. The minimum atomic E-state index is -0.327. The lowest BCUT2D eigenvalue weighted by Gasteiger charge is -2.17. The Morgan fingerprint density at radius 2 is 1.77 bits per heavy atom. The number of thiophene rings is 1. The number of benzene rings is 2. The molecule has 0 fully saturated rings. The van der Waals surface area contributed by atoms with Crippen LogP contribution in [0.25, 0.3) is 0 Å². The van der Waals surface area contributed by atoms with Gasteiger partial charge in [-0.2, -0.15) is 11.3 Å². The summed E-state index contributed by atoms with van der Waals surface area (Å²) in [5, 5.41) is 7.07.